The first-order chi connectivity index (χ1) is 9.41. The maximum absolute atomic E-state index is 12.5. The standard InChI is InChI=1S/C14H17F3N2O/c1-18-8-13(20)19(12-6-7-12)9-10-2-4-11(5-3-10)14(15,16)17/h2-5,12,18H,6-9H2,1H3. The van der Waals surface area contributed by atoms with E-state index in [1.54, 1.807) is 11.9 Å². The van der Waals surface area contributed by atoms with Crippen LogP contribution in [0.1, 0.15) is 24.0 Å². The quantitative estimate of drug-likeness (QED) is 0.901. The monoisotopic (exact) mass is 286 g/mol. The van der Waals surface area contributed by atoms with Gasteiger partial charge in [-0.05, 0) is 37.6 Å². The summed E-state index contributed by atoms with van der Waals surface area (Å²) in [7, 11) is 1.70. The number of hydrogen-bond acceptors (Lipinski definition) is 2. The molecule has 1 aliphatic rings. The molecule has 1 aromatic carbocycles. The van der Waals surface area contributed by atoms with Crippen LogP contribution in [0.3, 0.4) is 0 Å². The van der Waals surface area contributed by atoms with Gasteiger partial charge in [0, 0.05) is 12.6 Å². The molecule has 1 N–H and O–H groups in total. The topological polar surface area (TPSA) is 32.3 Å². The molecule has 0 aromatic heterocycles. The van der Waals surface area contributed by atoms with Crippen molar-refractivity contribution in [1.29, 1.82) is 0 Å². The molecule has 1 saturated carbocycles. The molecular weight excluding hydrogens is 269 g/mol. The van der Waals surface area contributed by atoms with Crippen LogP contribution in [0.4, 0.5) is 13.2 Å². The summed E-state index contributed by atoms with van der Waals surface area (Å²) in [4.78, 5) is 13.7. The minimum absolute atomic E-state index is 0.0186. The summed E-state index contributed by atoms with van der Waals surface area (Å²) in [5.41, 5.74) is 0.0510. The molecule has 0 aliphatic heterocycles. The minimum atomic E-state index is -4.32. The van der Waals surface area contributed by atoms with Crippen LogP contribution in [0.2, 0.25) is 0 Å². The van der Waals surface area contributed by atoms with Crippen LogP contribution in [0.25, 0.3) is 0 Å². The molecule has 0 radical (unpaired) electrons. The predicted molar refractivity (Wildman–Crippen MR) is 68.9 cm³/mol. The smallest absolute Gasteiger partial charge is 0.334 e. The molecular formula is C14H17F3N2O. The third-order valence-corrected chi connectivity index (χ3v) is 3.27. The number of rotatable bonds is 5. The van der Waals surface area contributed by atoms with E-state index in [2.05, 4.69) is 5.32 Å². The molecule has 110 valence electrons. The van der Waals surface area contributed by atoms with Gasteiger partial charge in [-0.15, -0.1) is 0 Å². The zero-order valence-electron chi connectivity index (χ0n) is 11.2. The minimum Gasteiger partial charge on any atom is -0.334 e. The van der Waals surface area contributed by atoms with Crippen molar-refractivity contribution in [1.82, 2.24) is 10.2 Å². The average molecular weight is 286 g/mol. The number of halogens is 3. The Bertz CT molecular complexity index is 466. The zero-order chi connectivity index (χ0) is 14.8. The van der Waals surface area contributed by atoms with Crippen LogP contribution in [-0.4, -0.2) is 30.4 Å². The van der Waals surface area contributed by atoms with E-state index in [9.17, 15) is 18.0 Å². The van der Waals surface area contributed by atoms with Gasteiger partial charge >= 0.3 is 6.18 Å². The highest BCUT2D eigenvalue weighted by atomic mass is 19.4. The van der Waals surface area contributed by atoms with Crippen LogP contribution in [0, 0.1) is 0 Å². The van der Waals surface area contributed by atoms with Gasteiger partial charge in [-0.2, -0.15) is 13.2 Å². The molecule has 0 saturated heterocycles. The summed E-state index contributed by atoms with van der Waals surface area (Å²) in [5.74, 6) is -0.0186. The summed E-state index contributed by atoms with van der Waals surface area (Å²) in [6.45, 7) is 0.612. The molecule has 1 fully saturated rings. The molecule has 6 heteroatoms. The fourth-order valence-electron chi connectivity index (χ4n) is 2.06. The number of carbonyl (C=O) groups is 1. The van der Waals surface area contributed by atoms with E-state index in [4.69, 9.17) is 0 Å². The number of alkyl halides is 3. The summed E-state index contributed by atoms with van der Waals surface area (Å²) < 4.78 is 37.4. The van der Waals surface area contributed by atoms with Crippen molar-refractivity contribution >= 4 is 5.91 Å². The first-order valence-electron chi connectivity index (χ1n) is 6.52. The maximum atomic E-state index is 12.5. The van der Waals surface area contributed by atoms with Gasteiger partial charge in [-0.1, -0.05) is 12.1 Å². The second-order valence-electron chi connectivity index (χ2n) is 4.98. The Morgan fingerprint density at radius 2 is 1.90 bits per heavy atom. The van der Waals surface area contributed by atoms with Crippen LogP contribution in [-0.2, 0) is 17.5 Å². The van der Waals surface area contributed by atoms with E-state index in [1.807, 2.05) is 0 Å². The fraction of sp³-hybridized carbons (Fsp3) is 0.500. The summed E-state index contributed by atoms with van der Waals surface area (Å²) in [5, 5.41) is 2.81. The number of carbonyl (C=O) groups excluding carboxylic acids is 1. The van der Waals surface area contributed by atoms with Crippen molar-refractivity contribution in [3.63, 3.8) is 0 Å². The van der Waals surface area contributed by atoms with E-state index in [0.717, 1.165) is 25.0 Å². The van der Waals surface area contributed by atoms with E-state index in [1.165, 1.54) is 12.1 Å². The number of benzene rings is 1. The fourth-order valence-corrected chi connectivity index (χ4v) is 2.06. The van der Waals surface area contributed by atoms with E-state index in [-0.39, 0.29) is 18.5 Å². The lowest BCUT2D eigenvalue weighted by Gasteiger charge is -2.22. The summed E-state index contributed by atoms with van der Waals surface area (Å²) in [6, 6.07) is 5.22. The molecule has 0 unspecified atom stereocenters. The molecule has 2 rings (SSSR count). The third-order valence-electron chi connectivity index (χ3n) is 3.27. The lowest BCUT2D eigenvalue weighted by Crippen LogP contribution is -2.38. The van der Waals surface area contributed by atoms with Gasteiger partial charge in [-0.3, -0.25) is 4.79 Å². The second kappa shape index (κ2) is 5.83. The van der Waals surface area contributed by atoms with Crippen molar-refractivity contribution in [2.45, 2.75) is 31.6 Å². The molecule has 1 aliphatic carbocycles. The van der Waals surface area contributed by atoms with Gasteiger partial charge in [0.25, 0.3) is 0 Å². The Morgan fingerprint density at radius 3 is 2.35 bits per heavy atom. The Morgan fingerprint density at radius 1 is 1.30 bits per heavy atom. The SMILES string of the molecule is CNCC(=O)N(Cc1ccc(C(F)(F)F)cc1)C1CC1. The van der Waals surface area contributed by atoms with E-state index in [0.29, 0.717) is 12.1 Å². The van der Waals surface area contributed by atoms with Gasteiger partial charge < -0.3 is 10.2 Å². The molecule has 0 atom stereocenters. The largest absolute Gasteiger partial charge is 0.416 e. The van der Waals surface area contributed by atoms with Crippen molar-refractivity contribution in [3.8, 4) is 0 Å². The third kappa shape index (κ3) is 3.72. The van der Waals surface area contributed by atoms with Crippen molar-refractivity contribution in [3.05, 3.63) is 35.4 Å². The Kier molecular flexibility index (Phi) is 4.32. The van der Waals surface area contributed by atoms with Crippen LogP contribution < -0.4 is 5.32 Å². The highest BCUT2D eigenvalue weighted by Gasteiger charge is 2.33. The summed E-state index contributed by atoms with van der Waals surface area (Å²) in [6.07, 6.45) is -2.39. The normalized spacial score (nSPS) is 15.2. The number of hydrogen-bond donors (Lipinski definition) is 1. The molecule has 20 heavy (non-hydrogen) atoms. The molecule has 0 bridgehead atoms. The van der Waals surface area contributed by atoms with Gasteiger partial charge in [0.2, 0.25) is 5.91 Å². The van der Waals surface area contributed by atoms with Gasteiger partial charge in [0.15, 0.2) is 0 Å². The second-order valence-corrected chi connectivity index (χ2v) is 4.98. The lowest BCUT2D eigenvalue weighted by atomic mass is 10.1. The van der Waals surface area contributed by atoms with Gasteiger partial charge in [-0.25, -0.2) is 0 Å². The van der Waals surface area contributed by atoms with Crippen LogP contribution in [0.5, 0.6) is 0 Å². The van der Waals surface area contributed by atoms with Crippen LogP contribution >= 0.6 is 0 Å². The number of nitrogens with one attached hydrogen (secondary N) is 1. The average Bonchev–Trinajstić information content (AvgIpc) is 3.20. The molecule has 1 aromatic rings. The Labute approximate surface area is 115 Å². The van der Waals surface area contributed by atoms with E-state index >= 15 is 0 Å². The van der Waals surface area contributed by atoms with Crippen LogP contribution in [0.15, 0.2) is 24.3 Å². The van der Waals surface area contributed by atoms with Gasteiger partial charge in [0.05, 0.1) is 12.1 Å². The highest BCUT2D eigenvalue weighted by molar-refractivity contribution is 5.78. The molecule has 1 amide bonds. The first kappa shape index (κ1) is 14.8. The molecule has 0 spiro atoms. The van der Waals surface area contributed by atoms with Gasteiger partial charge in [0.1, 0.15) is 0 Å². The molecule has 3 nitrogen and oxygen atoms in total. The lowest BCUT2D eigenvalue weighted by molar-refractivity contribution is -0.137. The predicted octanol–water partition coefficient (Wildman–Crippen LogP) is 2.42. The highest BCUT2D eigenvalue weighted by Crippen LogP contribution is 2.31. The summed E-state index contributed by atoms with van der Waals surface area (Å²) >= 11 is 0. The van der Waals surface area contributed by atoms with Crippen molar-refractivity contribution in [2.24, 2.45) is 0 Å². The van der Waals surface area contributed by atoms with E-state index < -0.39 is 11.7 Å². The maximum Gasteiger partial charge on any atom is 0.416 e. The Balaban J connectivity index is 2.05. The van der Waals surface area contributed by atoms with Crippen molar-refractivity contribution < 1.29 is 18.0 Å². The zero-order valence-corrected chi connectivity index (χ0v) is 11.2. The first-order valence-corrected chi connectivity index (χ1v) is 6.52. The number of nitrogens with zero attached hydrogens (tertiary/aromatic N) is 1. The Hall–Kier alpha value is -1.56. The number of likely N-dealkylation sites (N-methyl/N-ethyl adjacent to an activating group) is 1. The molecule has 0 heterocycles. The number of amides is 1. The van der Waals surface area contributed by atoms with Crippen molar-refractivity contribution in [2.75, 3.05) is 13.6 Å².